The van der Waals surface area contributed by atoms with E-state index in [-0.39, 0.29) is 5.75 Å². The maximum atomic E-state index is 11.8. The van der Waals surface area contributed by atoms with Gasteiger partial charge in [-0.3, -0.25) is 0 Å². The first-order valence-corrected chi connectivity index (χ1v) is 7.32. The number of hydrogen-bond donors (Lipinski definition) is 0. The molecule has 0 aromatic carbocycles. The molecule has 0 N–H and O–H groups in total. The predicted octanol–water partition coefficient (Wildman–Crippen LogP) is 1.21. The molecule has 0 aromatic rings. The molecule has 4 nitrogen and oxygen atoms in total. The molecule has 1 saturated heterocycles. The fourth-order valence-corrected chi connectivity index (χ4v) is 4.85. The molecule has 0 amide bonds. The summed E-state index contributed by atoms with van der Waals surface area (Å²) in [6, 6.07) is 0. The van der Waals surface area contributed by atoms with Crippen LogP contribution in [-0.2, 0) is 19.4 Å². The third kappa shape index (κ3) is 2.47. The van der Waals surface area contributed by atoms with Crippen molar-refractivity contribution in [2.75, 3.05) is 11.5 Å². The summed E-state index contributed by atoms with van der Waals surface area (Å²) in [5.74, 6) is -0.150. The monoisotopic (exact) mass is 252 g/mol. The summed E-state index contributed by atoms with van der Waals surface area (Å²) < 4.78 is 27.1. The maximum absolute atomic E-state index is 11.8. The van der Waals surface area contributed by atoms with E-state index >= 15 is 0 Å². The molecule has 1 aliphatic rings. The fourth-order valence-electron chi connectivity index (χ4n) is 1.19. The van der Waals surface area contributed by atoms with Crippen LogP contribution >= 0.6 is 11.8 Å². The van der Waals surface area contributed by atoms with Crippen LogP contribution < -0.4 is 0 Å². The Morgan fingerprint density at radius 2 is 1.93 bits per heavy atom. The first-order chi connectivity index (χ1) is 6.58. The lowest BCUT2D eigenvalue weighted by Crippen LogP contribution is -2.42. The Hall–Kier alpha value is -0.230. The molecular formula is C9H16O4S2. The summed E-state index contributed by atoms with van der Waals surface area (Å²) in [4.78, 5) is 11.8. The second kappa shape index (κ2) is 3.66. The molecule has 0 unspecified atom stereocenters. The summed E-state index contributed by atoms with van der Waals surface area (Å²) in [5, 5.41) is 0. The zero-order valence-corrected chi connectivity index (χ0v) is 11.0. The van der Waals surface area contributed by atoms with Crippen LogP contribution in [0.2, 0.25) is 0 Å². The molecule has 15 heavy (non-hydrogen) atoms. The summed E-state index contributed by atoms with van der Waals surface area (Å²) in [6.45, 7) is 6.59. The number of rotatable bonds is 1. The number of ether oxygens (including phenoxy) is 1. The number of sulfone groups is 1. The van der Waals surface area contributed by atoms with Crippen LogP contribution in [0.5, 0.6) is 0 Å². The lowest BCUT2D eigenvalue weighted by Gasteiger charge is -2.26. The Morgan fingerprint density at radius 1 is 1.40 bits per heavy atom. The smallest absolute Gasteiger partial charge is 0.338 e. The highest BCUT2D eigenvalue weighted by atomic mass is 32.3. The van der Waals surface area contributed by atoms with Crippen LogP contribution in [0.1, 0.15) is 27.7 Å². The van der Waals surface area contributed by atoms with Crippen molar-refractivity contribution in [2.24, 2.45) is 0 Å². The molecule has 0 saturated carbocycles. The van der Waals surface area contributed by atoms with E-state index in [1.165, 1.54) is 6.92 Å². The van der Waals surface area contributed by atoms with Gasteiger partial charge in [0.15, 0.2) is 9.84 Å². The van der Waals surface area contributed by atoms with Gasteiger partial charge in [-0.2, -0.15) is 0 Å². The predicted molar refractivity (Wildman–Crippen MR) is 60.5 cm³/mol. The highest BCUT2D eigenvalue weighted by Gasteiger charge is 2.53. The van der Waals surface area contributed by atoms with E-state index in [2.05, 4.69) is 0 Å². The summed E-state index contributed by atoms with van der Waals surface area (Å²) in [5.41, 5.74) is -0.654. The molecule has 0 spiro atoms. The van der Waals surface area contributed by atoms with Crippen LogP contribution in [0.25, 0.3) is 0 Å². The number of thioether (sulfide) groups is 1. The number of carbonyl (C=O) groups excluding carboxylic acids is 1. The first-order valence-electron chi connectivity index (χ1n) is 4.68. The molecule has 1 aliphatic heterocycles. The number of hydrogen-bond acceptors (Lipinski definition) is 5. The van der Waals surface area contributed by atoms with E-state index < -0.39 is 25.5 Å². The Bertz CT molecular complexity index is 366. The molecule has 0 bridgehead atoms. The van der Waals surface area contributed by atoms with Crippen molar-refractivity contribution in [3.8, 4) is 0 Å². The Kier molecular flexibility index (Phi) is 3.13. The highest BCUT2D eigenvalue weighted by molar-refractivity contribution is 8.18. The van der Waals surface area contributed by atoms with Gasteiger partial charge in [0.25, 0.3) is 0 Å². The Labute approximate surface area is 94.7 Å². The van der Waals surface area contributed by atoms with Gasteiger partial charge in [-0.05, 0) is 27.7 Å². The minimum atomic E-state index is -3.37. The minimum Gasteiger partial charge on any atom is -0.458 e. The molecule has 1 fully saturated rings. The van der Waals surface area contributed by atoms with Crippen LogP contribution in [0, 0.1) is 0 Å². The van der Waals surface area contributed by atoms with E-state index in [1.54, 1.807) is 20.8 Å². The van der Waals surface area contributed by atoms with Crippen molar-refractivity contribution >= 4 is 27.6 Å². The van der Waals surface area contributed by atoms with Gasteiger partial charge in [-0.25, -0.2) is 13.2 Å². The molecule has 6 heteroatoms. The molecule has 1 atom stereocenters. The van der Waals surface area contributed by atoms with Gasteiger partial charge >= 0.3 is 5.97 Å². The molecule has 88 valence electrons. The number of carbonyl (C=O) groups is 1. The van der Waals surface area contributed by atoms with Gasteiger partial charge in [0, 0.05) is 5.75 Å². The molecule has 1 heterocycles. The van der Waals surface area contributed by atoms with E-state index in [4.69, 9.17) is 4.74 Å². The van der Waals surface area contributed by atoms with Crippen molar-refractivity contribution in [2.45, 2.75) is 37.4 Å². The largest absolute Gasteiger partial charge is 0.458 e. The van der Waals surface area contributed by atoms with E-state index in [0.29, 0.717) is 5.75 Å². The van der Waals surface area contributed by atoms with Crippen molar-refractivity contribution in [3.05, 3.63) is 0 Å². The van der Waals surface area contributed by atoms with Crippen molar-refractivity contribution in [1.82, 2.24) is 0 Å². The molecule has 1 rings (SSSR count). The van der Waals surface area contributed by atoms with Gasteiger partial charge in [-0.15, -0.1) is 11.8 Å². The summed E-state index contributed by atoms with van der Waals surface area (Å²) in [7, 11) is -3.37. The first kappa shape index (κ1) is 12.8. The normalized spacial score (nSPS) is 30.1. The van der Waals surface area contributed by atoms with Gasteiger partial charge in [0.1, 0.15) is 5.60 Å². The third-order valence-corrected chi connectivity index (χ3v) is 6.69. The van der Waals surface area contributed by atoms with Crippen LogP contribution in [0.15, 0.2) is 0 Å². The molecule has 0 aromatic heterocycles. The van der Waals surface area contributed by atoms with Gasteiger partial charge in [0.05, 0.1) is 5.75 Å². The van der Waals surface area contributed by atoms with Crippen LogP contribution in [0.4, 0.5) is 0 Å². The molecule has 0 aliphatic carbocycles. The van der Waals surface area contributed by atoms with E-state index in [9.17, 15) is 13.2 Å². The topological polar surface area (TPSA) is 60.4 Å². The third-order valence-electron chi connectivity index (χ3n) is 2.09. The van der Waals surface area contributed by atoms with Crippen LogP contribution in [0.3, 0.4) is 0 Å². The second-order valence-corrected chi connectivity index (χ2v) is 8.84. The van der Waals surface area contributed by atoms with Gasteiger partial charge in [-0.1, -0.05) is 0 Å². The number of esters is 1. The summed E-state index contributed by atoms with van der Waals surface area (Å²) >= 11 is 1.14. The fraction of sp³-hybridized carbons (Fsp3) is 0.889. The summed E-state index contributed by atoms with van der Waals surface area (Å²) in [6.07, 6.45) is 0. The lowest BCUT2D eigenvalue weighted by molar-refractivity contribution is -0.154. The maximum Gasteiger partial charge on any atom is 0.338 e. The van der Waals surface area contributed by atoms with E-state index in [1.807, 2.05) is 0 Å². The van der Waals surface area contributed by atoms with Gasteiger partial charge < -0.3 is 4.74 Å². The zero-order chi connectivity index (χ0) is 11.9. The molecular weight excluding hydrogens is 236 g/mol. The van der Waals surface area contributed by atoms with Crippen LogP contribution in [-0.4, -0.2) is 35.6 Å². The highest BCUT2D eigenvalue weighted by Crippen LogP contribution is 2.39. The molecule has 0 radical (unpaired) electrons. The minimum absolute atomic E-state index is 0.0490. The van der Waals surface area contributed by atoms with Gasteiger partial charge in [0.2, 0.25) is 4.08 Å². The van der Waals surface area contributed by atoms with Crippen molar-refractivity contribution in [3.63, 3.8) is 0 Å². The SMILES string of the molecule is CC(C)(C)OC(=O)[C@]1(C)SCCS1(=O)=O. The Morgan fingerprint density at radius 3 is 2.27 bits per heavy atom. The quantitative estimate of drug-likeness (QED) is 0.656. The zero-order valence-electron chi connectivity index (χ0n) is 9.36. The van der Waals surface area contributed by atoms with Crippen molar-refractivity contribution < 1.29 is 17.9 Å². The van der Waals surface area contributed by atoms with E-state index in [0.717, 1.165) is 11.8 Å². The van der Waals surface area contributed by atoms with Crippen molar-refractivity contribution in [1.29, 1.82) is 0 Å². The standard InChI is InChI=1S/C9H16O4S2/c1-8(2,3)13-7(10)9(4)14-5-6-15(9,11)12/h5-6H2,1-4H3/t9-/m1/s1. The lowest BCUT2D eigenvalue weighted by atomic mass is 10.2. The second-order valence-electron chi connectivity index (χ2n) is 4.61. The Balaban J connectivity index is 2.93. The average Bonchev–Trinajstić information content (AvgIpc) is 2.24. The average molecular weight is 252 g/mol.